The molecule has 1 unspecified atom stereocenters. The Morgan fingerprint density at radius 3 is 2.31 bits per heavy atom. The fraction of sp³-hybridized carbons (Fsp3) is 0. The van der Waals surface area contributed by atoms with Gasteiger partial charge in [0.15, 0.2) is 0 Å². The van der Waals surface area contributed by atoms with Gasteiger partial charge >= 0.3 is 0 Å². The van der Waals surface area contributed by atoms with E-state index in [1.165, 1.54) is 0 Å². The molecule has 128 valence electrons. The Balaban J connectivity index is 1.47. The zero-order valence-corrected chi connectivity index (χ0v) is 14.8. The lowest BCUT2D eigenvalue weighted by molar-refractivity contribution is 0.0984. The Morgan fingerprint density at radius 1 is 0.846 bits per heavy atom. The van der Waals surface area contributed by atoms with Crippen molar-refractivity contribution in [3.05, 3.63) is 95.2 Å². The highest BCUT2D eigenvalue weighted by Gasteiger charge is 2.10. The third-order valence-electron chi connectivity index (χ3n) is 4.09. The summed E-state index contributed by atoms with van der Waals surface area (Å²) in [6, 6.07) is 19.5. The van der Waals surface area contributed by atoms with E-state index in [0.717, 1.165) is 22.3 Å². The van der Waals surface area contributed by atoms with Crippen LogP contribution in [0.25, 0.3) is 17.2 Å². The fourth-order valence-electron chi connectivity index (χ4n) is 2.69. The van der Waals surface area contributed by atoms with Gasteiger partial charge < -0.3 is 0 Å². The van der Waals surface area contributed by atoms with Gasteiger partial charge in [0.2, 0.25) is 0 Å². The van der Waals surface area contributed by atoms with Crippen LogP contribution in [0, 0.1) is 0 Å². The molecule has 1 aliphatic rings. The predicted octanol–water partition coefficient (Wildman–Crippen LogP) is 4.41. The van der Waals surface area contributed by atoms with E-state index in [0.29, 0.717) is 5.56 Å². The molecule has 2 heterocycles. The van der Waals surface area contributed by atoms with Gasteiger partial charge in [0.25, 0.3) is 5.91 Å². The summed E-state index contributed by atoms with van der Waals surface area (Å²) in [5, 5.41) is 1.96. The molecule has 1 aliphatic heterocycles. The van der Waals surface area contributed by atoms with E-state index in [-0.39, 0.29) is 5.91 Å². The van der Waals surface area contributed by atoms with Gasteiger partial charge in [-0.2, -0.15) is 0 Å². The second kappa shape index (κ2) is 7.37. The molecule has 2 aromatic carbocycles. The number of rotatable bonds is 3. The first-order chi connectivity index (χ1) is 12.8. The molecule has 1 atom stereocenters. The normalized spacial score (nSPS) is 16.5. The molecule has 26 heavy (non-hydrogen) atoms. The molecule has 0 radical (unpaired) electrons. The van der Waals surface area contributed by atoms with E-state index in [2.05, 4.69) is 14.1 Å². The molecular weight excluding hydrogens is 342 g/mol. The van der Waals surface area contributed by atoms with Crippen LogP contribution in [0.3, 0.4) is 0 Å². The Kier molecular flexibility index (Phi) is 4.62. The van der Waals surface area contributed by atoms with Crippen LogP contribution in [0.5, 0.6) is 0 Å². The predicted molar refractivity (Wildman–Crippen MR) is 109 cm³/mol. The summed E-state index contributed by atoms with van der Waals surface area (Å²) >= 11 is -1.08. The number of amides is 1. The number of benzene rings is 2. The lowest BCUT2D eigenvalue weighted by Crippen LogP contribution is -2.18. The topological polar surface area (TPSA) is 54.4 Å². The van der Waals surface area contributed by atoms with E-state index in [1.54, 1.807) is 12.4 Å². The van der Waals surface area contributed by atoms with Crippen molar-refractivity contribution in [3.63, 3.8) is 0 Å². The molecular formula is C21H17N3OS. The van der Waals surface area contributed by atoms with Crippen LogP contribution in [0.4, 0.5) is 0 Å². The summed E-state index contributed by atoms with van der Waals surface area (Å²) in [6.07, 6.45) is 7.36. The highest BCUT2D eigenvalue weighted by atomic mass is 32.2. The minimum Gasteiger partial charge on any atom is -0.296 e. The van der Waals surface area contributed by atoms with Gasteiger partial charge in [0.05, 0.1) is 0 Å². The van der Waals surface area contributed by atoms with Gasteiger partial charge in [0, 0.05) is 29.7 Å². The summed E-state index contributed by atoms with van der Waals surface area (Å²) in [6.45, 7) is 0. The number of carbonyl (C=O) groups is 1. The van der Waals surface area contributed by atoms with Crippen molar-refractivity contribution in [3.8, 4) is 11.1 Å². The van der Waals surface area contributed by atoms with Gasteiger partial charge in [-0.3, -0.25) is 14.5 Å². The van der Waals surface area contributed by atoms with Crippen molar-refractivity contribution >= 4 is 29.5 Å². The molecule has 5 heteroatoms. The Morgan fingerprint density at radius 2 is 1.54 bits per heavy atom. The first-order valence-corrected chi connectivity index (χ1v) is 9.58. The fourth-order valence-corrected chi connectivity index (χ4v) is 3.78. The van der Waals surface area contributed by atoms with Crippen molar-refractivity contribution in [1.82, 2.24) is 9.71 Å². The van der Waals surface area contributed by atoms with Crippen molar-refractivity contribution in [2.75, 3.05) is 0 Å². The quantitative estimate of drug-likeness (QED) is 0.681. The van der Waals surface area contributed by atoms with Crippen LogP contribution < -0.4 is 4.72 Å². The zero-order chi connectivity index (χ0) is 17.8. The molecule has 0 bridgehead atoms. The summed E-state index contributed by atoms with van der Waals surface area (Å²) in [5.41, 5.74) is 4.92. The molecule has 0 aliphatic carbocycles. The van der Waals surface area contributed by atoms with Crippen LogP contribution in [-0.4, -0.2) is 17.1 Å². The number of pyridine rings is 1. The summed E-state index contributed by atoms with van der Waals surface area (Å²) < 4.78 is 7.51. The highest BCUT2D eigenvalue weighted by molar-refractivity contribution is 8.17. The number of nitrogens with zero attached hydrogens (tertiary/aromatic N) is 2. The van der Waals surface area contributed by atoms with Crippen LogP contribution in [0.1, 0.15) is 21.5 Å². The number of nitrogens with one attached hydrogen (secondary N) is 1. The van der Waals surface area contributed by atoms with E-state index in [9.17, 15) is 4.79 Å². The first-order valence-electron chi connectivity index (χ1n) is 8.21. The molecule has 1 N–H and O–H groups in total. The minimum atomic E-state index is -1.08. The molecule has 4 nitrogen and oxygen atoms in total. The molecule has 4 rings (SSSR count). The SMILES string of the molecule is O=C(N[SH]1C=Cc2ccccc2C=N1)c1ccc(-c2ccncc2)cc1. The second-order valence-corrected chi connectivity index (χ2v) is 7.23. The van der Waals surface area contributed by atoms with Gasteiger partial charge in [-0.25, -0.2) is 4.40 Å². The van der Waals surface area contributed by atoms with Crippen molar-refractivity contribution < 1.29 is 4.79 Å². The van der Waals surface area contributed by atoms with Crippen LogP contribution in [0.15, 0.2) is 82.9 Å². The molecule has 0 saturated carbocycles. The monoisotopic (exact) mass is 359 g/mol. The van der Waals surface area contributed by atoms with Crippen molar-refractivity contribution in [1.29, 1.82) is 0 Å². The lowest BCUT2D eigenvalue weighted by Gasteiger charge is -2.13. The van der Waals surface area contributed by atoms with E-state index < -0.39 is 11.3 Å². The van der Waals surface area contributed by atoms with Crippen LogP contribution >= 0.6 is 11.3 Å². The maximum Gasteiger partial charge on any atom is 0.261 e. The van der Waals surface area contributed by atoms with Gasteiger partial charge in [-0.05, 0) is 52.4 Å². The average Bonchev–Trinajstić information content (AvgIpc) is 2.91. The van der Waals surface area contributed by atoms with Gasteiger partial charge in [-0.1, -0.05) is 47.7 Å². The largest absolute Gasteiger partial charge is 0.296 e. The van der Waals surface area contributed by atoms with Crippen LogP contribution in [-0.2, 0) is 0 Å². The molecule has 1 aromatic heterocycles. The summed E-state index contributed by atoms with van der Waals surface area (Å²) in [7, 11) is 0. The summed E-state index contributed by atoms with van der Waals surface area (Å²) in [5.74, 6) is -0.120. The van der Waals surface area contributed by atoms with E-state index in [1.807, 2.05) is 78.4 Å². The Hall–Kier alpha value is -3.18. The molecule has 1 amide bonds. The molecule has 0 saturated heterocycles. The number of hydrogen-bond donors (Lipinski definition) is 2. The number of aromatic nitrogens is 1. The Labute approximate surface area is 154 Å². The zero-order valence-electron chi connectivity index (χ0n) is 13.9. The Bertz CT molecular complexity index is 949. The average molecular weight is 359 g/mol. The number of fused-ring (bicyclic) bond motifs is 1. The third kappa shape index (κ3) is 3.58. The molecule has 3 aromatic rings. The number of carbonyl (C=O) groups excluding carboxylic acids is 1. The third-order valence-corrected chi connectivity index (χ3v) is 5.32. The smallest absolute Gasteiger partial charge is 0.261 e. The highest BCUT2D eigenvalue weighted by Crippen LogP contribution is 2.29. The second-order valence-electron chi connectivity index (χ2n) is 5.79. The van der Waals surface area contributed by atoms with E-state index >= 15 is 0 Å². The lowest BCUT2D eigenvalue weighted by atomic mass is 10.1. The molecule has 0 fully saturated rings. The maximum atomic E-state index is 12.5. The standard InChI is InChI=1S/C21H17N3OS/c25-21(19-7-5-17(6-8-19)18-9-12-22-13-10-18)24-26-14-11-16-3-1-2-4-20(16)15-23-26/h1-15,26H,(H,24,25). The summed E-state index contributed by atoms with van der Waals surface area (Å²) in [4.78, 5) is 16.6. The van der Waals surface area contributed by atoms with Gasteiger partial charge in [-0.15, -0.1) is 0 Å². The van der Waals surface area contributed by atoms with Crippen LogP contribution in [0.2, 0.25) is 0 Å². The number of thiol groups is 1. The minimum absolute atomic E-state index is 0.120. The number of hydrogen-bond acceptors (Lipinski definition) is 3. The maximum absolute atomic E-state index is 12.5. The molecule has 0 spiro atoms. The van der Waals surface area contributed by atoms with Gasteiger partial charge in [0.1, 0.15) is 0 Å². The first kappa shape index (κ1) is 16.3. The van der Waals surface area contributed by atoms with Crippen molar-refractivity contribution in [2.24, 2.45) is 4.40 Å². The van der Waals surface area contributed by atoms with Crippen molar-refractivity contribution in [2.45, 2.75) is 0 Å². The van der Waals surface area contributed by atoms with E-state index in [4.69, 9.17) is 0 Å².